The van der Waals surface area contributed by atoms with Crippen LogP contribution in [0.5, 0.6) is 0 Å². The average Bonchev–Trinajstić information content (AvgIpc) is 2.60. The van der Waals surface area contributed by atoms with Crippen LogP contribution in [0.3, 0.4) is 0 Å². The van der Waals surface area contributed by atoms with Gasteiger partial charge in [0.15, 0.2) is 5.96 Å². The molecule has 0 saturated heterocycles. The van der Waals surface area contributed by atoms with Crippen LogP contribution in [0.25, 0.3) is 0 Å². The van der Waals surface area contributed by atoms with E-state index in [2.05, 4.69) is 15.6 Å². The monoisotopic (exact) mass is 396 g/mol. The van der Waals surface area contributed by atoms with E-state index >= 15 is 0 Å². The van der Waals surface area contributed by atoms with Crippen LogP contribution in [0, 0.1) is 0 Å². The minimum Gasteiger partial charge on any atom is -0.357 e. The average molecular weight is 397 g/mol. The summed E-state index contributed by atoms with van der Waals surface area (Å²) in [5.41, 5.74) is 1.09. The lowest BCUT2D eigenvalue weighted by Crippen LogP contribution is -2.43. The smallest absolute Gasteiger partial charge is 0.224 e. The number of sulfone groups is 1. The maximum Gasteiger partial charge on any atom is 0.224 e. The number of carbonyl (C=O) groups excluding carboxylic acids is 1. The van der Waals surface area contributed by atoms with E-state index in [-0.39, 0.29) is 17.7 Å². The highest BCUT2D eigenvalue weighted by Gasteiger charge is 2.11. The Balaban J connectivity index is 2.48. The molecule has 2 N–H and O–H groups in total. The lowest BCUT2D eigenvalue weighted by atomic mass is 10.2. The second-order valence-corrected chi connectivity index (χ2v) is 8.97. The van der Waals surface area contributed by atoms with Crippen molar-refractivity contribution in [3.05, 3.63) is 35.9 Å². The van der Waals surface area contributed by atoms with E-state index in [1.165, 1.54) is 6.26 Å². The Labute approximate surface area is 163 Å². The molecule has 0 saturated carbocycles. The van der Waals surface area contributed by atoms with Crippen molar-refractivity contribution in [1.29, 1.82) is 0 Å². The van der Waals surface area contributed by atoms with Crippen LogP contribution in [-0.2, 0) is 21.2 Å². The maximum absolute atomic E-state index is 12.3. The molecule has 0 radical (unpaired) electrons. The summed E-state index contributed by atoms with van der Waals surface area (Å²) in [6.45, 7) is 5.50. The molecule has 8 heteroatoms. The van der Waals surface area contributed by atoms with Crippen LogP contribution < -0.4 is 10.6 Å². The first-order valence-corrected chi connectivity index (χ1v) is 11.3. The van der Waals surface area contributed by atoms with Gasteiger partial charge in [-0.25, -0.2) is 8.42 Å². The molecule has 0 heterocycles. The first-order chi connectivity index (χ1) is 12.7. The molecule has 1 rings (SSSR count). The van der Waals surface area contributed by atoms with E-state index in [0.29, 0.717) is 38.4 Å². The molecule has 1 amide bonds. The molecule has 0 aliphatic heterocycles. The third kappa shape index (κ3) is 10.6. The lowest BCUT2D eigenvalue weighted by Gasteiger charge is -2.18. The Hall–Kier alpha value is -2.09. The Kier molecular flexibility index (Phi) is 9.85. The van der Waals surface area contributed by atoms with Gasteiger partial charge in [-0.2, -0.15) is 0 Å². The van der Waals surface area contributed by atoms with E-state index in [4.69, 9.17) is 0 Å². The number of nitrogens with one attached hydrogen (secondary N) is 2. The van der Waals surface area contributed by atoms with Gasteiger partial charge >= 0.3 is 0 Å². The van der Waals surface area contributed by atoms with Gasteiger partial charge in [-0.1, -0.05) is 30.3 Å². The topological polar surface area (TPSA) is 90.9 Å². The molecule has 1 atom stereocenters. The number of hydrogen-bond acceptors (Lipinski definition) is 4. The summed E-state index contributed by atoms with van der Waals surface area (Å²) >= 11 is 0. The predicted octanol–water partition coefficient (Wildman–Crippen LogP) is 1.41. The van der Waals surface area contributed by atoms with Gasteiger partial charge in [0.05, 0.1) is 12.3 Å². The zero-order valence-corrected chi connectivity index (χ0v) is 17.6. The second kappa shape index (κ2) is 11.6. The maximum atomic E-state index is 12.3. The molecule has 0 aliphatic rings. The van der Waals surface area contributed by atoms with Crippen molar-refractivity contribution in [1.82, 2.24) is 15.5 Å². The van der Waals surface area contributed by atoms with Crippen LogP contribution in [-0.4, -0.2) is 63.4 Å². The van der Waals surface area contributed by atoms with Gasteiger partial charge in [-0.15, -0.1) is 0 Å². The van der Waals surface area contributed by atoms with Crippen LogP contribution in [0.2, 0.25) is 0 Å². The molecule has 1 aromatic rings. The van der Waals surface area contributed by atoms with Crippen molar-refractivity contribution in [2.75, 3.05) is 32.1 Å². The van der Waals surface area contributed by atoms with E-state index in [1.54, 1.807) is 11.9 Å². The number of rotatable bonds is 10. The highest BCUT2D eigenvalue weighted by Crippen LogP contribution is 2.04. The van der Waals surface area contributed by atoms with Gasteiger partial charge in [-0.3, -0.25) is 9.79 Å². The SMILES string of the molecule is CCNC(=NCCC(=O)N(C)Cc1ccccc1)NC(C)CCS(C)(=O)=O. The molecule has 1 unspecified atom stereocenters. The molecular formula is C19H32N4O3S. The van der Waals surface area contributed by atoms with E-state index in [9.17, 15) is 13.2 Å². The highest BCUT2D eigenvalue weighted by atomic mass is 32.2. The minimum atomic E-state index is -2.98. The fraction of sp³-hybridized carbons (Fsp3) is 0.579. The molecule has 0 fully saturated rings. The van der Waals surface area contributed by atoms with Gasteiger partial charge in [0.25, 0.3) is 0 Å². The van der Waals surface area contributed by atoms with Crippen molar-refractivity contribution < 1.29 is 13.2 Å². The fourth-order valence-corrected chi connectivity index (χ4v) is 3.20. The standard InChI is InChI=1S/C19H32N4O3S/c1-5-20-19(22-16(2)12-14-27(4,25)26)21-13-11-18(24)23(3)15-17-9-7-6-8-10-17/h6-10,16H,5,11-15H2,1-4H3,(H2,20,21,22). The number of amides is 1. The largest absolute Gasteiger partial charge is 0.357 e. The van der Waals surface area contributed by atoms with Crippen molar-refractivity contribution in [3.63, 3.8) is 0 Å². The van der Waals surface area contributed by atoms with Gasteiger partial charge in [0.1, 0.15) is 9.84 Å². The molecule has 0 spiro atoms. The second-order valence-electron chi connectivity index (χ2n) is 6.71. The van der Waals surface area contributed by atoms with E-state index in [1.807, 2.05) is 44.2 Å². The minimum absolute atomic E-state index is 0.0311. The van der Waals surface area contributed by atoms with Gasteiger partial charge in [0.2, 0.25) is 5.91 Å². The van der Waals surface area contributed by atoms with Crippen LogP contribution in [0.1, 0.15) is 32.3 Å². The van der Waals surface area contributed by atoms with E-state index < -0.39 is 9.84 Å². The van der Waals surface area contributed by atoms with Crippen LogP contribution in [0.15, 0.2) is 35.3 Å². The van der Waals surface area contributed by atoms with Gasteiger partial charge in [-0.05, 0) is 25.8 Å². The Morgan fingerprint density at radius 2 is 1.93 bits per heavy atom. The zero-order valence-electron chi connectivity index (χ0n) is 16.7. The third-order valence-corrected chi connectivity index (χ3v) is 4.91. The molecule has 27 heavy (non-hydrogen) atoms. The Morgan fingerprint density at radius 3 is 2.52 bits per heavy atom. The molecule has 152 valence electrons. The zero-order chi connectivity index (χ0) is 20.3. The number of nitrogens with zero attached hydrogens (tertiary/aromatic N) is 2. The third-order valence-electron chi connectivity index (χ3n) is 3.93. The van der Waals surface area contributed by atoms with Crippen molar-refractivity contribution in [2.45, 2.75) is 39.3 Å². The number of guanidine groups is 1. The summed E-state index contributed by atoms with van der Waals surface area (Å²) in [6, 6.07) is 9.81. The first-order valence-electron chi connectivity index (χ1n) is 9.21. The molecule has 0 aromatic heterocycles. The summed E-state index contributed by atoms with van der Waals surface area (Å²) in [5, 5.41) is 6.30. The molecule has 1 aromatic carbocycles. The molecule has 0 aliphatic carbocycles. The van der Waals surface area contributed by atoms with E-state index in [0.717, 1.165) is 5.56 Å². The van der Waals surface area contributed by atoms with Crippen LogP contribution >= 0.6 is 0 Å². The highest BCUT2D eigenvalue weighted by molar-refractivity contribution is 7.90. The van der Waals surface area contributed by atoms with Crippen molar-refractivity contribution in [2.24, 2.45) is 4.99 Å². The van der Waals surface area contributed by atoms with Crippen molar-refractivity contribution >= 4 is 21.7 Å². The Bertz CT molecular complexity index is 705. The normalized spacial score (nSPS) is 13.1. The molecular weight excluding hydrogens is 364 g/mol. The number of carbonyl (C=O) groups is 1. The summed E-state index contributed by atoms with van der Waals surface area (Å²) in [4.78, 5) is 18.4. The summed E-state index contributed by atoms with van der Waals surface area (Å²) in [6.07, 6.45) is 2.05. The molecule has 0 bridgehead atoms. The Morgan fingerprint density at radius 1 is 1.26 bits per heavy atom. The predicted molar refractivity (Wildman–Crippen MR) is 110 cm³/mol. The quantitative estimate of drug-likeness (QED) is 0.461. The number of aliphatic imine (C=N–C) groups is 1. The summed E-state index contributed by atoms with van der Waals surface area (Å²) in [7, 11) is -1.19. The molecule has 7 nitrogen and oxygen atoms in total. The fourth-order valence-electron chi connectivity index (χ4n) is 2.42. The number of hydrogen-bond donors (Lipinski definition) is 2. The lowest BCUT2D eigenvalue weighted by molar-refractivity contribution is -0.130. The summed E-state index contributed by atoms with van der Waals surface area (Å²) < 4.78 is 22.5. The van der Waals surface area contributed by atoms with Gasteiger partial charge in [0, 0.05) is 38.9 Å². The number of benzene rings is 1. The van der Waals surface area contributed by atoms with Crippen LogP contribution in [0.4, 0.5) is 0 Å². The first kappa shape index (κ1) is 23.0. The van der Waals surface area contributed by atoms with Crippen molar-refractivity contribution in [3.8, 4) is 0 Å². The summed E-state index contributed by atoms with van der Waals surface area (Å²) in [5.74, 6) is 0.754. The van der Waals surface area contributed by atoms with Gasteiger partial charge < -0.3 is 15.5 Å².